The Morgan fingerprint density at radius 2 is 1.73 bits per heavy atom. The largest absolute Gasteiger partial charge is 0.479 e. The van der Waals surface area contributed by atoms with Gasteiger partial charge in [-0.1, -0.05) is 48.5 Å². The van der Waals surface area contributed by atoms with Crippen LogP contribution >= 0.6 is 0 Å². The molecule has 174 valence electrons. The summed E-state index contributed by atoms with van der Waals surface area (Å²) >= 11 is 0. The third-order valence-electron chi connectivity index (χ3n) is 6.55. The van der Waals surface area contributed by atoms with Gasteiger partial charge in [0.2, 0.25) is 5.91 Å². The maximum Gasteiger partial charge on any atom is 0.407 e. The van der Waals surface area contributed by atoms with Gasteiger partial charge in [0, 0.05) is 38.5 Å². The second-order valence-electron chi connectivity index (χ2n) is 8.64. The van der Waals surface area contributed by atoms with Crippen molar-refractivity contribution in [2.45, 2.75) is 37.3 Å². The Balaban J connectivity index is 1.30. The van der Waals surface area contributed by atoms with Crippen molar-refractivity contribution in [3.8, 4) is 11.1 Å². The fourth-order valence-electron chi connectivity index (χ4n) is 4.71. The monoisotopic (exact) mass is 452 g/mol. The third kappa shape index (κ3) is 4.43. The number of hydrogen-bond acceptors (Lipinski definition) is 5. The average molecular weight is 453 g/mol. The lowest BCUT2D eigenvalue weighted by Gasteiger charge is -2.24. The summed E-state index contributed by atoms with van der Waals surface area (Å²) in [5.41, 5.74) is 3.20. The van der Waals surface area contributed by atoms with Crippen LogP contribution < -0.4 is 5.32 Å². The van der Waals surface area contributed by atoms with Gasteiger partial charge >= 0.3 is 12.1 Å². The molecule has 2 amide bonds. The van der Waals surface area contributed by atoms with Crippen molar-refractivity contribution in [1.82, 2.24) is 10.2 Å². The summed E-state index contributed by atoms with van der Waals surface area (Å²) in [7, 11) is 1.34. The van der Waals surface area contributed by atoms with E-state index in [-0.39, 0.29) is 37.8 Å². The van der Waals surface area contributed by atoms with Crippen LogP contribution in [0.25, 0.3) is 11.1 Å². The first kappa shape index (κ1) is 22.8. The van der Waals surface area contributed by atoms with Gasteiger partial charge in [-0.25, -0.2) is 9.59 Å². The van der Waals surface area contributed by atoms with Gasteiger partial charge in [0.1, 0.15) is 6.61 Å². The molecule has 1 aliphatic carbocycles. The molecule has 1 aliphatic heterocycles. The maximum atomic E-state index is 12.6. The highest BCUT2D eigenvalue weighted by Crippen LogP contribution is 2.44. The zero-order valence-corrected chi connectivity index (χ0v) is 18.7. The van der Waals surface area contributed by atoms with Crippen LogP contribution in [0.5, 0.6) is 0 Å². The number of nitrogens with one attached hydrogen (secondary N) is 1. The zero-order chi connectivity index (χ0) is 23.6. The summed E-state index contributed by atoms with van der Waals surface area (Å²) in [6.07, 6.45) is -0.308. The Labute approximate surface area is 192 Å². The van der Waals surface area contributed by atoms with Crippen LogP contribution in [0.3, 0.4) is 0 Å². The Bertz CT molecular complexity index is 1020. The van der Waals surface area contributed by atoms with Crippen LogP contribution in [0.2, 0.25) is 0 Å². The Kier molecular flexibility index (Phi) is 6.37. The molecular weight excluding hydrogens is 424 g/mol. The first-order chi connectivity index (χ1) is 15.8. The topological polar surface area (TPSA) is 105 Å². The lowest BCUT2D eigenvalue weighted by atomic mass is 9.98. The van der Waals surface area contributed by atoms with Gasteiger partial charge in [-0.3, -0.25) is 4.79 Å². The number of fused-ring (bicyclic) bond motifs is 3. The molecule has 0 spiro atoms. The molecule has 0 radical (unpaired) electrons. The lowest BCUT2D eigenvalue weighted by Crippen LogP contribution is -2.45. The number of likely N-dealkylation sites (tertiary alicyclic amines) is 1. The summed E-state index contributed by atoms with van der Waals surface area (Å²) < 4.78 is 10.7. The van der Waals surface area contributed by atoms with Crippen molar-refractivity contribution in [2.24, 2.45) is 0 Å². The van der Waals surface area contributed by atoms with E-state index >= 15 is 0 Å². The minimum Gasteiger partial charge on any atom is -0.479 e. The van der Waals surface area contributed by atoms with Crippen LogP contribution in [-0.4, -0.2) is 66.4 Å². The molecular formula is C25H28N2O6. The van der Waals surface area contributed by atoms with Gasteiger partial charge in [0.25, 0.3) is 0 Å². The summed E-state index contributed by atoms with van der Waals surface area (Å²) in [5, 5.41) is 12.1. The molecule has 4 rings (SSSR count). The minimum absolute atomic E-state index is 0.00463. The molecule has 2 aromatic rings. The predicted octanol–water partition coefficient (Wildman–Crippen LogP) is 3.01. The van der Waals surface area contributed by atoms with Crippen molar-refractivity contribution >= 4 is 18.0 Å². The molecule has 8 heteroatoms. The number of aliphatic carboxylic acids is 1. The van der Waals surface area contributed by atoms with Crippen LogP contribution in [0.1, 0.15) is 36.8 Å². The third-order valence-corrected chi connectivity index (χ3v) is 6.55. The van der Waals surface area contributed by atoms with Crippen molar-refractivity contribution in [2.75, 3.05) is 26.8 Å². The van der Waals surface area contributed by atoms with Gasteiger partial charge in [0.15, 0.2) is 5.60 Å². The van der Waals surface area contributed by atoms with Crippen LogP contribution in [0, 0.1) is 0 Å². The van der Waals surface area contributed by atoms with E-state index in [9.17, 15) is 19.5 Å². The normalized spacial score (nSPS) is 20.1. The molecule has 1 saturated heterocycles. The summed E-state index contributed by atoms with van der Waals surface area (Å²) in [6, 6.07) is 15.7. The van der Waals surface area contributed by atoms with Crippen LogP contribution in [-0.2, 0) is 19.1 Å². The molecule has 0 saturated carbocycles. The van der Waals surface area contributed by atoms with E-state index in [0.717, 1.165) is 22.3 Å². The summed E-state index contributed by atoms with van der Waals surface area (Å²) in [5.74, 6) is -1.35. The zero-order valence-electron chi connectivity index (χ0n) is 18.7. The second-order valence-corrected chi connectivity index (χ2v) is 8.64. The van der Waals surface area contributed by atoms with Crippen molar-refractivity contribution in [3.63, 3.8) is 0 Å². The second kappa shape index (κ2) is 9.23. The smallest absolute Gasteiger partial charge is 0.407 e. The van der Waals surface area contributed by atoms with E-state index in [4.69, 9.17) is 9.47 Å². The summed E-state index contributed by atoms with van der Waals surface area (Å²) in [4.78, 5) is 38.0. The summed E-state index contributed by atoms with van der Waals surface area (Å²) in [6.45, 7) is 2.21. The molecule has 0 aromatic heterocycles. The highest BCUT2D eigenvalue weighted by Gasteiger charge is 2.46. The van der Waals surface area contributed by atoms with E-state index < -0.39 is 23.7 Å². The fourth-order valence-corrected chi connectivity index (χ4v) is 4.71. The Hall–Kier alpha value is -3.39. The number of rotatable bonds is 7. The maximum absolute atomic E-state index is 12.6. The molecule has 0 bridgehead atoms. The predicted molar refractivity (Wildman–Crippen MR) is 121 cm³/mol. The van der Waals surface area contributed by atoms with Crippen molar-refractivity contribution < 1.29 is 29.0 Å². The van der Waals surface area contributed by atoms with E-state index in [2.05, 4.69) is 29.6 Å². The number of methoxy groups -OCH3 is 1. The number of hydrogen-bond donors (Lipinski definition) is 2. The van der Waals surface area contributed by atoms with E-state index in [1.807, 2.05) is 24.3 Å². The lowest BCUT2D eigenvalue weighted by molar-refractivity contribution is -0.161. The average Bonchev–Trinajstić information content (AvgIpc) is 3.39. The molecule has 1 heterocycles. The number of nitrogens with zero attached hydrogens (tertiary/aromatic N) is 1. The highest BCUT2D eigenvalue weighted by atomic mass is 16.5. The van der Waals surface area contributed by atoms with Crippen molar-refractivity contribution in [1.29, 1.82) is 0 Å². The first-order valence-corrected chi connectivity index (χ1v) is 11.0. The van der Waals surface area contributed by atoms with E-state index in [1.165, 1.54) is 12.0 Å². The SMILES string of the molecule is COC1(C(=O)O)CCN(C(=O)C[C@H](C)NC(=O)OCC2c3ccccc3-c3ccccc32)C1. The standard InChI is InChI=1S/C25H28N2O6/c1-16(13-22(28)27-12-11-25(15-27,32-2)23(29)30)26-24(31)33-14-21-19-9-5-3-7-17(19)18-8-4-6-10-20(18)21/h3-10,16,21H,11-15H2,1-2H3,(H,26,31)(H,29,30)/t16-,25?/m0/s1. The van der Waals surface area contributed by atoms with Crippen molar-refractivity contribution in [3.05, 3.63) is 59.7 Å². The number of carbonyl (C=O) groups excluding carboxylic acids is 2. The van der Waals surface area contributed by atoms with Crippen LogP contribution in [0.15, 0.2) is 48.5 Å². The number of carboxylic acid groups (broad SMARTS) is 1. The Morgan fingerprint density at radius 1 is 1.12 bits per heavy atom. The molecule has 1 unspecified atom stereocenters. The van der Waals surface area contributed by atoms with Gasteiger partial charge in [-0.05, 0) is 29.2 Å². The van der Waals surface area contributed by atoms with Gasteiger partial charge in [0.05, 0.1) is 6.54 Å². The number of amides is 2. The number of carboxylic acids is 1. The number of ether oxygens (including phenoxy) is 2. The molecule has 1 fully saturated rings. The van der Waals surface area contributed by atoms with Gasteiger partial charge < -0.3 is 24.8 Å². The molecule has 2 N–H and O–H groups in total. The molecule has 2 aromatic carbocycles. The first-order valence-electron chi connectivity index (χ1n) is 11.0. The van der Waals surface area contributed by atoms with Gasteiger partial charge in [-0.2, -0.15) is 0 Å². The Morgan fingerprint density at radius 3 is 2.27 bits per heavy atom. The number of alkyl carbamates (subject to hydrolysis) is 1. The van der Waals surface area contributed by atoms with Crippen LogP contribution in [0.4, 0.5) is 4.79 Å². The van der Waals surface area contributed by atoms with E-state index in [1.54, 1.807) is 6.92 Å². The van der Waals surface area contributed by atoms with Gasteiger partial charge in [-0.15, -0.1) is 0 Å². The molecule has 2 atom stereocenters. The number of benzene rings is 2. The fraction of sp³-hybridized carbons (Fsp3) is 0.400. The number of carbonyl (C=O) groups is 3. The molecule has 33 heavy (non-hydrogen) atoms. The van der Waals surface area contributed by atoms with E-state index in [0.29, 0.717) is 6.54 Å². The highest BCUT2D eigenvalue weighted by molar-refractivity contribution is 5.83. The quantitative estimate of drug-likeness (QED) is 0.669. The molecule has 8 nitrogen and oxygen atoms in total. The molecule has 2 aliphatic rings. The minimum atomic E-state index is -1.36.